The summed E-state index contributed by atoms with van der Waals surface area (Å²) in [5.74, 6) is 0.488. The summed E-state index contributed by atoms with van der Waals surface area (Å²) in [7, 11) is 0. The number of nitrogens with one attached hydrogen (secondary N) is 1. The largest absolute Gasteiger partial charge is 0.444 e. The van der Waals surface area contributed by atoms with Gasteiger partial charge in [-0.05, 0) is 46.5 Å². The van der Waals surface area contributed by atoms with E-state index in [0.29, 0.717) is 5.92 Å². The molecule has 0 aromatic carbocycles. The van der Waals surface area contributed by atoms with E-state index in [0.717, 1.165) is 49.7 Å². The molecule has 0 saturated carbocycles. The lowest BCUT2D eigenvalue weighted by Crippen LogP contribution is -2.44. The van der Waals surface area contributed by atoms with Crippen molar-refractivity contribution >= 4 is 17.4 Å². The van der Waals surface area contributed by atoms with E-state index in [1.54, 1.807) is 11.3 Å². The van der Waals surface area contributed by atoms with Gasteiger partial charge in [-0.2, -0.15) is 0 Å². The minimum Gasteiger partial charge on any atom is -0.444 e. The van der Waals surface area contributed by atoms with E-state index in [2.05, 4.69) is 15.7 Å². The van der Waals surface area contributed by atoms with Gasteiger partial charge >= 0.3 is 6.09 Å². The molecule has 2 rings (SSSR count). The molecule has 0 spiro atoms. The molecule has 0 aliphatic carbocycles. The number of carbonyl (C=O) groups excluding carboxylic acids is 1. The van der Waals surface area contributed by atoms with Crippen LogP contribution in [0.25, 0.3) is 0 Å². The number of amides is 1. The normalized spacial score (nSPS) is 19.3. The lowest BCUT2D eigenvalue weighted by Gasteiger charge is -2.34. The van der Waals surface area contributed by atoms with Crippen molar-refractivity contribution in [3.63, 3.8) is 0 Å². The monoisotopic (exact) mass is 325 g/mol. The fourth-order valence-electron chi connectivity index (χ4n) is 2.59. The van der Waals surface area contributed by atoms with Crippen molar-refractivity contribution in [3.05, 3.63) is 16.1 Å². The van der Waals surface area contributed by atoms with Gasteiger partial charge in [0.15, 0.2) is 0 Å². The fourth-order valence-corrected chi connectivity index (χ4v) is 3.33. The van der Waals surface area contributed by atoms with Gasteiger partial charge in [0.05, 0.1) is 0 Å². The number of aryl methyl sites for hydroxylation is 1. The average molecular weight is 325 g/mol. The molecule has 1 aromatic heterocycles. The van der Waals surface area contributed by atoms with Crippen molar-refractivity contribution in [2.45, 2.75) is 52.7 Å². The van der Waals surface area contributed by atoms with Gasteiger partial charge in [0.25, 0.3) is 0 Å². The molecule has 22 heavy (non-hydrogen) atoms. The first-order valence-electron chi connectivity index (χ1n) is 7.93. The van der Waals surface area contributed by atoms with E-state index < -0.39 is 5.60 Å². The molecule has 1 aliphatic rings. The Bertz CT molecular complexity index is 496. The van der Waals surface area contributed by atoms with Crippen LogP contribution < -0.4 is 5.32 Å². The van der Waals surface area contributed by atoms with Gasteiger partial charge in [-0.1, -0.05) is 0 Å². The highest BCUT2D eigenvalue weighted by atomic mass is 32.1. The van der Waals surface area contributed by atoms with Crippen molar-refractivity contribution in [2.75, 3.05) is 19.6 Å². The Labute approximate surface area is 137 Å². The topological polar surface area (TPSA) is 54.5 Å². The molecule has 1 amide bonds. The van der Waals surface area contributed by atoms with Gasteiger partial charge in [-0.3, -0.25) is 0 Å². The number of hydrogen-bond donors (Lipinski definition) is 1. The summed E-state index contributed by atoms with van der Waals surface area (Å²) in [6, 6.07) is 0. The molecule has 1 N–H and O–H groups in total. The van der Waals surface area contributed by atoms with Crippen LogP contribution in [0.3, 0.4) is 0 Å². The van der Waals surface area contributed by atoms with E-state index in [9.17, 15) is 4.79 Å². The molecule has 0 radical (unpaired) electrons. The van der Waals surface area contributed by atoms with Crippen molar-refractivity contribution < 1.29 is 9.53 Å². The third-order valence-corrected chi connectivity index (χ3v) is 4.51. The minimum absolute atomic E-state index is 0.187. The van der Waals surface area contributed by atoms with Gasteiger partial charge in [0.1, 0.15) is 10.6 Å². The van der Waals surface area contributed by atoms with E-state index >= 15 is 0 Å². The second-order valence-electron chi connectivity index (χ2n) is 6.95. The van der Waals surface area contributed by atoms with Crippen LogP contribution in [0.5, 0.6) is 0 Å². The van der Waals surface area contributed by atoms with E-state index in [4.69, 9.17) is 4.74 Å². The smallest absolute Gasteiger partial charge is 0.410 e. The van der Waals surface area contributed by atoms with E-state index in [1.807, 2.05) is 32.6 Å². The van der Waals surface area contributed by atoms with Crippen LogP contribution in [0.15, 0.2) is 5.38 Å². The second-order valence-corrected chi connectivity index (χ2v) is 7.89. The number of hydrogen-bond acceptors (Lipinski definition) is 5. The van der Waals surface area contributed by atoms with E-state index in [-0.39, 0.29) is 6.09 Å². The molecule has 6 heteroatoms. The van der Waals surface area contributed by atoms with Crippen LogP contribution in [-0.4, -0.2) is 41.2 Å². The second kappa shape index (κ2) is 7.42. The van der Waals surface area contributed by atoms with Crippen LogP contribution >= 0.6 is 11.3 Å². The maximum absolute atomic E-state index is 12.1. The van der Waals surface area contributed by atoms with Gasteiger partial charge in [0.2, 0.25) is 0 Å². The third-order valence-electron chi connectivity index (χ3n) is 3.55. The number of nitrogens with zero attached hydrogens (tertiary/aromatic N) is 2. The Morgan fingerprint density at radius 1 is 1.55 bits per heavy atom. The Kier molecular flexibility index (Phi) is 5.81. The highest BCUT2D eigenvalue weighted by molar-refractivity contribution is 7.09. The third kappa shape index (κ3) is 5.57. The predicted molar refractivity (Wildman–Crippen MR) is 89.1 cm³/mol. The van der Waals surface area contributed by atoms with Crippen LogP contribution in [0.1, 0.15) is 44.3 Å². The number of likely N-dealkylation sites (tertiary alicyclic amines) is 1. The Balaban J connectivity index is 1.74. The fraction of sp³-hybridized carbons (Fsp3) is 0.750. The van der Waals surface area contributed by atoms with Crippen molar-refractivity contribution in [2.24, 2.45) is 5.92 Å². The maximum Gasteiger partial charge on any atom is 0.410 e. The first kappa shape index (κ1) is 17.2. The number of piperidine rings is 1. The zero-order valence-electron chi connectivity index (χ0n) is 14.0. The molecule has 1 fully saturated rings. The van der Waals surface area contributed by atoms with Crippen molar-refractivity contribution in [1.29, 1.82) is 0 Å². The van der Waals surface area contributed by atoms with Gasteiger partial charge in [-0.25, -0.2) is 9.78 Å². The summed E-state index contributed by atoms with van der Waals surface area (Å²) in [5.41, 5.74) is 0.654. The highest BCUT2D eigenvalue weighted by Gasteiger charge is 2.27. The Morgan fingerprint density at radius 3 is 2.95 bits per heavy atom. The summed E-state index contributed by atoms with van der Waals surface area (Å²) in [6.07, 6.45) is 2.01. The van der Waals surface area contributed by atoms with Crippen molar-refractivity contribution in [3.8, 4) is 0 Å². The molecule has 2 heterocycles. The molecular weight excluding hydrogens is 298 g/mol. The van der Waals surface area contributed by atoms with Gasteiger partial charge in [0, 0.05) is 37.3 Å². The van der Waals surface area contributed by atoms with Crippen LogP contribution in [0.4, 0.5) is 4.79 Å². The van der Waals surface area contributed by atoms with Gasteiger partial charge in [-0.15, -0.1) is 11.3 Å². The van der Waals surface area contributed by atoms with Crippen molar-refractivity contribution in [1.82, 2.24) is 15.2 Å². The first-order chi connectivity index (χ1) is 10.3. The lowest BCUT2D eigenvalue weighted by atomic mass is 9.98. The van der Waals surface area contributed by atoms with Crippen LogP contribution in [-0.2, 0) is 11.3 Å². The molecule has 1 atom stereocenters. The maximum atomic E-state index is 12.1. The summed E-state index contributed by atoms with van der Waals surface area (Å²) >= 11 is 1.69. The Hall–Kier alpha value is -1.14. The standard InChI is InChI=1S/C16H27N3O2S/c1-12-11-22-14(18-12)9-17-8-13-6-5-7-19(10-13)15(20)21-16(2,3)4/h11,13,17H,5-10H2,1-4H3/t13-/m0/s1. The zero-order chi connectivity index (χ0) is 16.2. The molecular formula is C16H27N3O2S. The first-order valence-corrected chi connectivity index (χ1v) is 8.81. The molecule has 0 bridgehead atoms. The number of rotatable bonds is 4. The number of ether oxygens (including phenoxy) is 1. The van der Waals surface area contributed by atoms with Crippen LogP contribution in [0.2, 0.25) is 0 Å². The lowest BCUT2D eigenvalue weighted by molar-refractivity contribution is 0.0166. The molecule has 1 aliphatic heterocycles. The number of aromatic nitrogens is 1. The molecule has 5 nitrogen and oxygen atoms in total. The summed E-state index contributed by atoms with van der Waals surface area (Å²) in [5, 5.41) is 6.66. The average Bonchev–Trinajstić information content (AvgIpc) is 2.83. The SMILES string of the molecule is Cc1csc(CNC[C@@H]2CCCN(C(=O)OC(C)(C)C)C2)n1. The molecule has 1 aromatic rings. The molecule has 1 saturated heterocycles. The minimum atomic E-state index is -0.426. The van der Waals surface area contributed by atoms with Crippen LogP contribution in [0, 0.1) is 12.8 Å². The zero-order valence-corrected chi connectivity index (χ0v) is 14.8. The summed E-state index contributed by atoms with van der Waals surface area (Å²) in [6.45, 7) is 11.0. The Morgan fingerprint density at radius 2 is 2.32 bits per heavy atom. The van der Waals surface area contributed by atoms with Gasteiger partial charge < -0.3 is 15.0 Å². The summed E-state index contributed by atoms with van der Waals surface area (Å²) in [4.78, 5) is 18.4. The molecule has 124 valence electrons. The molecule has 0 unspecified atom stereocenters. The quantitative estimate of drug-likeness (QED) is 0.924. The highest BCUT2D eigenvalue weighted by Crippen LogP contribution is 2.19. The predicted octanol–water partition coefficient (Wildman–Crippen LogP) is 3.19. The summed E-state index contributed by atoms with van der Waals surface area (Å²) < 4.78 is 5.46. The van der Waals surface area contributed by atoms with E-state index in [1.165, 1.54) is 0 Å². The number of carbonyl (C=O) groups is 1. The number of thiazole rings is 1.